The van der Waals surface area contributed by atoms with Gasteiger partial charge < -0.3 is 5.02 Å². The van der Waals surface area contributed by atoms with E-state index in [4.69, 9.17) is 0 Å². The van der Waals surface area contributed by atoms with Gasteiger partial charge in [-0.1, -0.05) is 54.1 Å². The summed E-state index contributed by atoms with van der Waals surface area (Å²) in [6, 6.07) is 15.1. The molecule has 0 atom stereocenters. The molecule has 104 valence electrons. The smallest absolute Gasteiger partial charge is 0.427 e. The van der Waals surface area contributed by atoms with Crippen molar-refractivity contribution in [3.63, 3.8) is 0 Å². The topological polar surface area (TPSA) is 52.9 Å². The standard InChI is InChI=1S/C16H15BN2O2/c1-12-7-8-15-14(9-12)11-18-19(17(15)21)16(20)10-13-5-3-2-4-6-13/h2-9,11,21H,10H2,1H3. The molecule has 0 saturated heterocycles. The highest BCUT2D eigenvalue weighted by Gasteiger charge is 2.33. The molecule has 1 N–H and O–H groups in total. The molecule has 0 fully saturated rings. The van der Waals surface area contributed by atoms with E-state index in [2.05, 4.69) is 5.10 Å². The van der Waals surface area contributed by atoms with Crippen LogP contribution in [-0.4, -0.2) is 29.1 Å². The van der Waals surface area contributed by atoms with Crippen LogP contribution in [0.4, 0.5) is 0 Å². The fourth-order valence-electron chi connectivity index (χ4n) is 2.41. The number of amides is 1. The predicted octanol–water partition coefficient (Wildman–Crippen LogP) is 1.10. The Hall–Kier alpha value is -2.40. The van der Waals surface area contributed by atoms with Gasteiger partial charge in [0, 0.05) is 0 Å². The van der Waals surface area contributed by atoms with Crippen LogP contribution in [0.1, 0.15) is 16.7 Å². The van der Waals surface area contributed by atoms with Crippen molar-refractivity contribution in [2.75, 3.05) is 0 Å². The van der Waals surface area contributed by atoms with Crippen molar-refractivity contribution in [1.82, 2.24) is 4.92 Å². The molecule has 0 aliphatic carbocycles. The van der Waals surface area contributed by atoms with Gasteiger partial charge in [-0.05, 0) is 23.5 Å². The van der Waals surface area contributed by atoms with E-state index in [1.165, 1.54) is 0 Å². The van der Waals surface area contributed by atoms with Gasteiger partial charge in [-0.3, -0.25) is 4.79 Å². The Morgan fingerprint density at radius 1 is 1.24 bits per heavy atom. The number of carbonyl (C=O) groups excluding carboxylic acids is 1. The minimum Gasteiger partial charge on any atom is -0.427 e. The first-order chi connectivity index (χ1) is 10.1. The summed E-state index contributed by atoms with van der Waals surface area (Å²) >= 11 is 0. The Kier molecular flexibility index (Phi) is 3.58. The van der Waals surface area contributed by atoms with Gasteiger partial charge >= 0.3 is 7.05 Å². The van der Waals surface area contributed by atoms with E-state index in [1.54, 1.807) is 6.21 Å². The molecule has 1 amide bonds. The van der Waals surface area contributed by atoms with Crippen molar-refractivity contribution in [3.05, 3.63) is 65.2 Å². The Labute approximate surface area is 123 Å². The summed E-state index contributed by atoms with van der Waals surface area (Å²) in [4.78, 5) is 13.5. The maximum Gasteiger partial charge on any atom is 0.474 e. The minimum atomic E-state index is -1.03. The van der Waals surface area contributed by atoms with E-state index in [0.717, 1.165) is 21.6 Å². The summed E-state index contributed by atoms with van der Waals surface area (Å²) in [5.74, 6) is -0.226. The number of nitrogens with zero attached hydrogens (tertiary/aromatic N) is 2. The van der Waals surface area contributed by atoms with Crippen LogP contribution in [0.5, 0.6) is 0 Å². The fourth-order valence-corrected chi connectivity index (χ4v) is 2.41. The summed E-state index contributed by atoms with van der Waals surface area (Å²) in [5.41, 5.74) is 3.55. The zero-order chi connectivity index (χ0) is 14.8. The number of hydrogen-bond acceptors (Lipinski definition) is 3. The Balaban J connectivity index is 1.82. The van der Waals surface area contributed by atoms with Crippen molar-refractivity contribution in [2.24, 2.45) is 5.10 Å². The van der Waals surface area contributed by atoms with Gasteiger partial charge in [0.05, 0.1) is 12.6 Å². The van der Waals surface area contributed by atoms with Gasteiger partial charge in [0.2, 0.25) is 5.91 Å². The first-order valence-electron chi connectivity index (χ1n) is 6.84. The largest absolute Gasteiger partial charge is 0.474 e. The third-order valence-electron chi connectivity index (χ3n) is 3.53. The van der Waals surface area contributed by atoms with Crippen LogP contribution in [0.2, 0.25) is 0 Å². The van der Waals surface area contributed by atoms with E-state index in [-0.39, 0.29) is 12.3 Å². The van der Waals surface area contributed by atoms with E-state index in [1.807, 2.05) is 55.5 Å². The Morgan fingerprint density at radius 2 is 2.00 bits per heavy atom. The molecule has 5 heteroatoms. The van der Waals surface area contributed by atoms with Crippen LogP contribution < -0.4 is 5.46 Å². The monoisotopic (exact) mass is 278 g/mol. The molecule has 2 aromatic rings. The molecular weight excluding hydrogens is 263 g/mol. The van der Waals surface area contributed by atoms with Crippen LogP contribution >= 0.6 is 0 Å². The van der Waals surface area contributed by atoms with Gasteiger partial charge in [-0.15, -0.1) is 0 Å². The maximum absolute atomic E-state index is 12.3. The van der Waals surface area contributed by atoms with E-state index in [9.17, 15) is 9.82 Å². The number of hydrazone groups is 1. The zero-order valence-corrected chi connectivity index (χ0v) is 11.7. The average molecular weight is 278 g/mol. The molecule has 2 aromatic carbocycles. The molecule has 1 heterocycles. The Bertz CT molecular complexity index is 701. The highest BCUT2D eigenvalue weighted by Crippen LogP contribution is 2.11. The van der Waals surface area contributed by atoms with Crippen molar-refractivity contribution in [1.29, 1.82) is 0 Å². The maximum atomic E-state index is 12.3. The third kappa shape index (κ3) is 2.73. The molecule has 0 aromatic heterocycles. The summed E-state index contributed by atoms with van der Waals surface area (Å²) in [5, 5.41) is 14.4. The average Bonchev–Trinajstić information content (AvgIpc) is 2.48. The normalized spacial score (nSPS) is 13.2. The van der Waals surface area contributed by atoms with Crippen molar-refractivity contribution in [2.45, 2.75) is 13.3 Å². The summed E-state index contributed by atoms with van der Waals surface area (Å²) < 4.78 is 0. The second kappa shape index (κ2) is 5.54. The van der Waals surface area contributed by atoms with Crippen LogP contribution in [0.3, 0.4) is 0 Å². The molecule has 21 heavy (non-hydrogen) atoms. The molecule has 1 aliphatic rings. The number of benzene rings is 2. The molecule has 0 bridgehead atoms. The molecule has 0 unspecified atom stereocenters. The lowest BCUT2D eigenvalue weighted by Gasteiger charge is -2.25. The quantitative estimate of drug-likeness (QED) is 0.836. The number of carbonyl (C=O) groups is 1. The van der Waals surface area contributed by atoms with E-state index in [0.29, 0.717) is 5.46 Å². The summed E-state index contributed by atoms with van der Waals surface area (Å²) in [7, 11) is -1.03. The number of hydrogen-bond donors (Lipinski definition) is 1. The molecule has 0 radical (unpaired) electrons. The second-order valence-electron chi connectivity index (χ2n) is 5.15. The number of rotatable bonds is 2. The highest BCUT2D eigenvalue weighted by molar-refractivity contribution is 6.67. The minimum absolute atomic E-state index is 0.219. The van der Waals surface area contributed by atoms with Gasteiger partial charge in [-0.25, -0.2) is 4.92 Å². The SMILES string of the molecule is Cc1ccc2c(c1)C=NN(C(=O)Cc1ccccc1)B2O. The van der Waals surface area contributed by atoms with Gasteiger partial charge in [-0.2, -0.15) is 5.10 Å². The number of fused-ring (bicyclic) bond motifs is 1. The third-order valence-corrected chi connectivity index (χ3v) is 3.53. The van der Waals surface area contributed by atoms with Gasteiger partial charge in [0.15, 0.2) is 0 Å². The fraction of sp³-hybridized carbons (Fsp3) is 0.125. The van der Waals surface area contributed by atoms with Gasteiger partial charge in [0.1, 0.15) is 0 Å². The van der Waals surface area contributed by atoms with Crippen molar-refractivity contribution in [3.8, 4) is 0 Å². The molecule has 1 aliphatic heterocycles. The zero-order valence-electron chi connectivity index (χ0n) is 11.7. The molecule has 0 spiro atoms. The molecule has 4 nitrogen and oxygen atoms in total. The van der Waals surface area contributed by atoms with Gasteiger partial charge in [0.25, 0.3) is 0 Å². The van der Waals surface area contributed by atoms with E-state index < -0.39 is 7.05 Å². The second-order valence-corrected chi connectivity index (χ2v) is 5.15. The lowest BCUT2D eigenvalue weighted by atomic mass is 9.69. The van der Waals surface area contributed by atoms with Crippen LogP contribution in [0.25, 0.3) is 0 Å². The lowest BCUT2D eigenvalue weighted by molar-refractivity contribution is -0.126. The van der Waals surface area contributed by atoms with Crippen molar-refractivity contribution < 1.29 is 9.82 Å². The highest BCUT2D eigenvalue weighted by atomic mass is 16.2. The molecule has 0 saturated carbocycles. The predicted molar refractivity (Wildman–Crippen MR) is 83.4 cm³/mol. The number of aryl methyl sites for hydroxylation is 1. The molecule has 3 rings (SSSR count). The Morgan fingerprint density at radius 3 is 2.76 bits per heavy atom. The van der Waals surface area contributed by atoms with E-state index >= 15 is 0 Å². The molecular formula is C16H15BN2O2. The van der Waals surface area contributed by atoms with Crippen LogP contribution in [-0.2, 0) is 11.2 Å². The lowest BCUT2D eigenvalue weighted by Crippen LogP contribution is -2.52. The first-order valence-corrected chi connectivity index (χ1v) is 6.84. The first kappa shape index (κ1) is 13.6. The van der Waals surface area contributed by atoms with Crippen LogP contribution in [0.15, 0.2) is 53.6 Å². The van der Waals surface area contributed by atoms with Crippen LogP contribution in [0, 0.1) is 6.92 Å². The summed E-state index contributed by atoms with van der Waals surface area (Å²) in [6.07, 6.45) is 1.84. The summed E-state index contributed by atoms with van der Waals surface area (Å²) in [6.45, 7) is 1.98. The van der Waals surface area contributed by atoms with Crippen molar-refractivity contribution >= 4 is 24.6 Å².